The molecular formula is C22H24N4O4. The number of amides is 1. The number of aromatic nitrogens is 2. The lowest BCUT2D eigenvalue weighted by Gasteiger charge is -2.37. The Kier molecular flexibility index (Phi) is 5.56. The van der Waals surface area contributed by atoms with E-state index in [9.17, 15) is 9.59 Å². The van der Waals surface area contributed by atoms with Gasteiger partial charge in [-0.05, 0) is 37.3 Å². The summed E-state index contributed by atoms with van der Waals surface area (Å²) < 4.78 is 12.0. The molecule has 1 aliphatic heterocycles. The second-order valence-corrected chi connectivity index (χ2v) is 7.14. The van der Waals surface area contributed by atoms with Gasteiger partial charge in [0, 0.05) is 32.2 Å². The second-order valence-electron chi connectivity index (χ2n) is 7.14. The smallest absolute Gasteiger partial charge is 0.267 e. The molecule has 4 rings (SSSR count). The largest absolute Gasteiger partial charge is 0.495 e. The van der Waals surface area contributed by atoms with Crippen LogP contribution in [0.3, 0.4) is 0 Å². The molecule has 1 saturated heterocycles. The number of ether oxygens (including phenoxy) is 1. The van der Waals surface area contributed by atoms with Crippen LogP contribution in [-0.2, 0) is 4.79 Å². The molecule has 1 aliphatic rings. The lowest BCUT2D eigenvalue weighted by atomic mass is 10.2. The number of hydrogen-bond donors (Lipinski definition) is 0. The summed E-state index contributed by atoms with van der Waals surface area (Å²) >= 11 is 0. The molecule has 1 fully saturated rings. The van der Waals surface area contributed by atoms with Crippen molar-refractivity contribution in [3.05, 3.63) is 65.1 Å². The SMILES string of the molecule is COc1ccccc1N1CCN(C(=O)C(C)n2nc(-c3ccco3)ccc2=O)CC1. The minimum Gasteiger partial charge on any atom is -0.495 e. The Balaban J connectivity index is 1.47. The van der Waals surface area contributed by atoms with Gasteiger partial charge in [-0.2, -0.15) is 5.10 Å². The lowest BCUT2D eigenvalue weighted by molar-refractivity contribution is -0.135. The number of methoxy groups -OCH3 is 1. The van der Waals surface area contributed by atoms with Crippen LogP contribution in [0.4, 0.5) is 5.69 Å². The average molecular weight is 408 g/mol. The van der Waals surface area contributed by atoms with Gasteiger partial charge >= 0.3 is 0 Å². The number of benzene rings is 1. The maximum Gasteiger partial charge on any atom is 0.267 e. The van der Waals surface area contributed by atoms with Crippen LogP contribution in [0.5, 0.6) is 5.75 Å². The highest BCUT2D eigenvalue weighted by molar-refractivity contribution is 5.80. The van der Waals surface area contributed by atoms with E-state index in [0.29, 0.717) is 37.6 Å². The highest BCUT2D eigenvalue weighted by Crippen LogP contribution is 2.28. The van der Waals surface area contributed by atoms with Crippen LogP contribution in [0.1, 0.15) is 13.0 Å². The van der Waals surface area contributed by atoms with Crippen molar-refractivity contribution in [1.82, 2.24) is 14.7 Å². The molecule has 3 aromatic rings. The van der Waals surface area contributed by atoms with Crippen LogP contribution in [0.2, 0.25) is 0 Å². The third-order valence-corrected chi connectivity index (χ3v) is 5.34. The van der Waals surface area contributed by atoms with Crippen molar-refractivity contribution in [2.45, 2.75) is 13.0 Å². The molecule has 0 aliphatic carbocycles. The number of hydrogen-bond acceptors (Lipinski definition) is 6. The molecule has 3 heterocycles. The minimum atomic E-state index is -0.703. The van der Waals surface area contributed by atoms with Gasteiger partial charge in [-0.25, -0.2) is 4.68 Å². The fourth-order valence-corrected chi connectivity index (χ4v) is 3.69. The van der Waals surface area contributed by atoms with Crippen molar-refractivity contribution in [3.63, 3.8) is 0 Å². The van der Waals surface area contributed by atoms with Gasteiger partial charge in [0.1, 0.15) is 17.5 Å². The van der Waals surface area contributed by atoms with E-state index in [1.54, 1.807) is 43.4 Å². The fraction of sp³-hybridized carbons (Fsp3) is 0.318. The van der Waals surface area contributed by atoms with Gasteiger partial charge in [0.05, 0.1) is 19.1 Å². The van der Waals surface area contributed by atoms with Crippen molar-refractivity contribution >= 4 is 11.6 Å². The number of furan rings is 1. The Morgan fingerprint density at radius 3 is 2.53 bits per heavy atom. The van der Waals surface area contributed by atoms with Crippen molar-refractivity contribution in [3.8, 4) is 17.2 Å². The van der Waals surface area contributed by atoms with E-state index in [1.807, 2.05) is 24.3 Å². The van der Waals surface area contributed by atoms with Gasteiger partial charge in [0.25, 0.3) is 5.56 Å². The molecule has 0 bridgehead atoms. The van der Waals surface area contributed by atoms with E-state index in [2.05, 4.69) is 10.00 Å². The summed E-state index contributed by atoms with van der Waals surface area (Å²) in [6, 6.07) is 13.7. The molecule has 1 aromatic carbocycles. The molecule has 156 valence electrons. The minimum absolute atomic E-state index is 0.124. The first-order chi connectivity index (χ1) is 14.6. The molecular weight excluding hydrogens is 384 g/mol. The van der Waals surface area contributed by atoms with Crippen LogP contribution in [0, 0.1) is 0 Å². The molecule has 1 amide bonds. The number of piperazine rings is 1. The number of anilines is 1. The summed E-state index contributed by atoms with van der Waals surface area (Å²) in [6.45, 7) is 4.21. The molecule has 8 heteroatoms. The second kappa shape index (κ2) is 8.44. The maximum atomic E-state index is 13.1. The summed E-state index contributed by atoms with van der Waals surface area (Å²) in [5.74, 6) is 1.24. The molecule has 0 radical (unpaired) electrons. The van der Waals surface area contributed by atoms with E-state index in [-0.39, 0.29) is 11.5 Å². The van der Waals surface area contributed by atoms with Crippen molar-refractivity contribution in [2.75, 3.05) is 38.2 Å². The zero-order chi connectivity index (χ0) is 21.1. The van der Waals surface area contributed by atoms with E-state index in [0.717, 1.165) is 11.4 Å². The predicted molar refractivity (Wildman–Crippen MR) is 113 cm³/mol. The Bertz CT molecular complexity index is 1070. The Labute approximate surface area is 174 Å². The monoisotopic (exact) mass is 408 g/mol. The summed E-state index contributed by atoms with van der Waals surface area (Å²) in [5.41, 5.74) is 1.21. The Morgan fingerprint density at radius 1 is 1.07 bits per heavy atom. The number of para-hydroxylation sites is 2. The molecule has 0 spiro atoms. The quantitative estimate of drug-likeness (QED) is 0.645. The van der Waals surface area contributed by atoms with Crippen molar-refractivity contribution in [2.24, 2.45) is 0 Å². The van der Waals surface area contributed by atoms with Crippen molar-refractivity contribution < 1.29 is 13.9 Å². The first-order valence-corrected chi connectivity index (χ1v) is 9.89. The topological polar surface area (TPSA) is 80.8 Å². The highest BCUT2D eigenvalue weighted by atomic mass is 16.5. The average Bonchev–Trinajstić information content (AvgIpc) is 3.33. The standard InChI is InChI=1S/C22H24N4O4/c1-16(26-21(27)10-9-17(23-26)19-8-5-15-30-19)22(28)25-13-11-24(12-14-25)18-6-3-4-7-20(18)29-2/h3-10,15-16H,11-14H2,1-2H3. The van der Waals surface area contributed by atoms with Gasteiger partial charge in [0.15, 0.2) is 5.76 Å². The van der Waals surface area contributed by atoms with Gasteiger partial charge in [-0.3, -0.25) is 9.59 Å². The molecule has 2 aromatic heterocycles. The number of nitrogens with zero attached hydrogens (tertiary/aromatic N) is 4. The Hall–Kier alpha value is -3.55. The molecule has 30 heavy (non-hydrogen) atoms. The van der Waals surface area contributed by atoms with Crippen LogP contribution >= 0.6 is 0 Å². The summed E-state index contributed by atoms with van der Waals surface area (Å²) in [7, 11) is 1.65. The van der Waals surface area contributed by atoms with Crippen LogP contribution in [0.25, 0.3) is 11.5 Å². The van der Waals surface area contributed by atoms with Gasteiger partial charge in [-0.1, -0.05) is 12.1 Å². The number of rotatable bonds is 5. The van der Waals surface area contributed by atoms with Crippen LogP contribution in [0.15, 0.2) is 64.0 Å². The van der Waals surface area contributed by atoms with Gasteiger partial charge in [-0.15, -0.1) is 0 Å². The van der Waals surface area contributed by atoms with Crippen LogP contribution in [-0.4, -0.2) is 53.9 Å². The summed E-state index contributed by atoms with van der Waals surface area (Å²) in [4.78, 5) is 29.4. The third-order valence-electron chi connectivity index (χ3n) is 5.34. The van der Waals surface area contributed by atoms with E-state index in [4.69, 9.17) is 9.15 Å². The molecule has 0 N–H and O–H groups in total. The first-order valence-electron chi connectivity index (χ1n) is 9.89. The number of carbonyl (C=O) groups is 1. The van der Waals surface area contributed by atoms with E-state index in [1.165, 1.54) is 10.7 Å². The maximum absolute atomic E-state index is 13.1. The van der Waals surface area contributed by atoms with Crippen molar-refractivity contribution in [1.29, 1.82) is 0 Å². The van der Waals surface area contributed by atoms with E-state index >= 15 is 0 Å². The molecule has 0 saturated carbocycles. The summed E-state index contributed by atoms with van der Waals surface area (Å²) in [6.07, 6.45) is 1.54. The summed E-state index contributed by atoms with van der Waals surface area (Å²) in [5, 5.41) is 4.35. The van der Waals surface area contributed by atoms with Crippen LogP contribution < -0.4 is 15.2 Å². The Morgan fingerprint density at radius 2 is 1.83 bits per heavy atom. The molecule has 1 unspecified atom stereocenters. The predicted octanol–water partition coefficient (Wildman–Crippen LogP) is 2.42. The zero-order valence-electron chi connectivity index (χ0n) is 17.0. The molecule has 1 atom stereocenters. The third kappa shape index (κ3) is 3.80. The number of carbonyl (C=O) groups excluding carboxylic acids is 1. The normalized spacial score (nSPS) is 15.1. The van der Waals surface area contributed by atoms with Gasteiger partial charge < -0.3 is 19.0 Å². The highest BCUT2D eigenvalue weighted by Gasteiger charge is 2.28. The lowest BCUT2D eigenvalue weighted by Crippen LogP contribution is -2.51. The zero-order valence-corrected chi connectivity index (χ0v) is 17.0. The first kappa shape index (κ1) is 19.8. The van der Waals surface area contributed by atoms with Gasteiger partial charge in [0.2, 0.25) is 5.91 Å². The van der Waals surface area contributed by atoms with E-state index < -0.39 is 6.04 Å². The molecule has 8 nitrogen and oxygen atoms in total. The fourth-order valence-electron chi connectivity index (χ4n) is 3.69.